The van der Waals surface area contributed by atoms with Gasteiger partial charge >= 0.3 is 6.09 Å². The van der Waals surface area contributed by atoms with E-state index in [1.54, 1.807) is 24.3 Å². The summed E-state index contributed by atoms with van der Waals surface area (Å²) in [5, 5.41) is 5.67. The molecule has 164 valence electrons. The molecule has 4 N–H and O–H groups in total. The second-order valence-corrected chi connectivity index (χ2v) is 8.15. The fourth-order valence-corrected chi connectivity index (χ4v) is 3.86. The maximum Gasteiger partial charge on any atom is 0.411 e. The minimum atomic E-state index is -0.579. The fourth-order valence-electron chi connectivity index (χ4n) is 3.86. The summed E-state index contributed by atoms with van der Waals surface area (Å²) in [6.45, 7) is 2.26. The van der Waals surface area contributed by atoms with E-state index in [0.717, 1.165) is 29.7 Å². The van der Waals surface area contributed by atoms with Crippen LogP contribution in [0.15, 0.2) is 78.9 Å². The van der Waals surface area contributed by atoms with Crippen LogP contribution < -0.4 is 16.4 Å². The normalized spacial score (nSPS) is 19.1. The molecule has 1 saturated carbocycles. The van der Waals surface area contributed by atoms with Crippen LogP contribution in [-0.4, -0.2) is 17.5 Å². The van der Waals surface area contributed by atoms with E-state index in [0.29, 0.717) is 11.3 Å². The van der Waals surface area contributed by atoms with E-state index < -0.39 is 6.09 Å². The van der Waals surface area contributed by atoms with Crippen LogP contribution in [0.25, 0.3) is 0 Å². The molecule has 32 heavy (non-hydrogen) atoms. The quantitative estimate of drug-likeness (QED) is 0.476. The Bertz CT molecular complexity index is 1120. The number of carbonyl (C=O) groups excluding carboxylic acids is 2. The first-order chi connectivity index (χ1) is 15.5. The van der Waals surface area contributed by atoms with Crippen LogP contribution in [0, 0.1) is 0 Å². The summed E-state index contributed by atoms with van der Waals surface area (Å²) in [4.78, 5) is 25.0. The van der Waals surface area contributed by atoms with Gasteiger partial charge in [0.15, 0.2) is 0 Å². The Morgan fingerprint density at radius 3 is 2.50 bits per heavy atom. The first-order valence-electron chi connectivity index (χ1n) is 10.8. The minimum Gasteiger partial charge on any atom is -0.444 e. The molecule has 0 spiro atoms. The molecule has 2 amide bonds. The van der Waals surface area contributed by atoms with E-state index in [1.807, 2.05) is 54.6 Å². The molecule has 3 aromatic carbocycles. The lowest BCUT2D eigenvalue weighted by molar-refractivity contribution is 0.102. The molecule has 0 unspecified atom stereocenters. The largest absolute Gasteiger partial charge is 0.444 e. The number of anilines is 2. The number of nitrogens with two attached hydrogens (primary N) is 1. The molecule has 1 aliphatic rings. The standard InChI is InChI=1S/C26H27N3O3/c1-2-26(27)16-22(26)21-13-6-7-14-23(21)29-24(30)19-11-8-12-20(15-19)28-25(31)32-17-18-9-4-3-5-10-18/h3-15,22H,2,16-17,27H2,1H3,(H,28,31)(H,29,30)/t22-,26+/m1/s1. The van der Waals surface area contributed by atoms with Crippen LogP contribution in [0.4, 0.5) is 16.2 Å². The highest BCUT2D eigenvalue weighted by atomic mass is 16.5. The van der Waals surface area contributed by atoms with Gasteiger partial charge in [-0.3, -0.25) is 10.1 Å². The lowest BCUT2D eigenvalue weighted by Gasteiger charge is -2.14. The summed E-state index contributed by atoms with van der Waals surface area (Å²) in [5.74, 6) is -0.00471. The number of carbonyl (C=O) groups is 2. The highest BCUT2D eigenvalue weighted by Crippen LogP contribution is 2.53. The van der Waals surface area contributed by atoms with Crippen molar-refractivity contribution in [3.8, 4) is 0 Å². The molecule has 0 aromatic heterocycles. The van der Waals surface area contributed by atoms with Gasteiger partial charge in [-0.2, -0.15) is 0 Å². The van der Waals surface area contributed by atoms with Gasteiger partial charge < -0.3 is 15.8 Å². The van der Waals surface area contributed by atoms with Crippen molar-refractivity contribution in [2.45, 2.75) is 37.8 Å². The molecule has 3 aromatic rings. The van der Waals surface area contributed by atoms with Crippen LogP contribution in [-0.2, 0) is 11.3 Å². The number of amides is 2. The zero-order valence-corrected chi connectivity index (χ0v) is 18.0. The van der Waals surface area contributed by atoms with Crippen LogP contribution in [0.5, 0.6) is 0 Å². The summed E-state index contributed by atoms with van der Waals surface area (Å²) >= 11 is 0. The zero-order valence-electron chi connectivity index (χ0n) is 18.0. The third kappa shape index (κ3) is 4.98. The minimum absolute atomic E-state index is 0.172. The number of hydrogen-bond acceptors (Lipinski definition) is 4. The lowest BCUT2D eigenvalue weighted by Crippen LogP contribution is -2.23. The Labute approximate surface area is 187 Å². The summed E-state index contributed by atoms with van der Waals surface area (Å²) in [7, 11) is 0. The Morgan fingerprint density at radius 2 is 1.75 bits per heavy atom. The molecule has 4 rings (SSSR count). The maximum atomic E-state index is 12.9. The summed E-state index contributed by atoms with van der Waals surface area (Å²) in [6.07, 6.45) is 1.24. The average molecular weight is 430 g/mol. The molecule has 1 fully saturated rings. The van der Waals surface area contributed by atoms with E-state index >= 15 is 0 Å². The number of para-hydroxylation sites is 1. The molecule has 2 atom stereocenters. The predicted octanol–water partition coefficient (Wildman–Crippen LogP) is 5.28. The molecular formula is C26H27N3O3. The van der Waals surface area contributed by atoms with E-state index in [-0.39, 0.29) is 24.0 Å². The Kier molecular flexibility index (Phi) is 6.23. The Hall–Kier alpha value is -3.64. The van der Waals surface area contributed by atoms with Crippen LogP contribution in [0.3, 0.4) is 0 Å². The van der Waals surface area contributed by atoms with E-state index in [1.165, 1.54) is 0 Å². The lowest BCUT2D eigenvalue weighted by atomic mass is 10.0. The van der Waals surface area contributed by atoms with Gasteiger partial charge in [-0.15, -0.1) is 0 Å². The first-order valence-corrected chi connectivity index (χ1v) is 10.8. The Balaban J connectivity index is 1.39. The molecule has 0 aliphatic heterocycles. The van der Waals surface area contributed by atoms with Crippen molar-refractivity contribution < 1.29 is 14.3 Å². The van der Waals surface area contributed by atoms with Gasteiger partial charge in [-0.05, 0) is 48.2 Å². The van der Waals surface area contributed by atoms with Crippen LogP contribution in [0.1, 0.15) is 47.2 Å². The summed E-state index contributed by atoms with van der Waals surface area (Å²) in [5.41, 5.74) is 9.85. The fraction of sp³-hybridized carbons (Fsp3) is 0.231. The third-order valence-electron chi connectivity index (χ3n) is 5.94. The molecular weight excluding hydrogens is 402 g/mol. The van der Waals surface area contributed by atoms with Crippen LogP contribution in [0.2, 0.25) is 0 Å². The van der Waals surface area contributed by atoms with E-state index in [4.69, 9.17) is 10.5 Å². The SMILES string of the molecule is CC[C@]1(N)C[C@@H]1c1ccccc1NC(=O)c1cccc(NC(=O)OCc2ccccc2)c1. The number of hydrogen-bond donors (Lipinski definition) is 3. The summed E-state index contributed by atoms with van der Waals surface area (Å²) < 4.78 is 5.24. The monoisotopic (exact) mass is 429 g/mol. The van der Waals surface area contributed by atoms with E-state index in [9.17, 15) is 9.59 Å². The van der Waals surface area contributed by atoms with Crippen molar-refractivity contribution in [3.63, 3.8) is 0 Å². The highest BCUT2D eigenvalue weighted by Gasteiger charge is 2.50. The molecule has 6 nitrogen and oxygen atoms in total. The van der Waals surface area contributed by atoms with E-state index in [2.05, 4.69) is 17.6 Å². The second kappa shape index (κ2) is 9.24. The molecule has 0 saturated heterocycles. The van der Waals surface area contributed by atoms with Crippen molar-refractivity contribution in [2.24, 2.45) is 5.73 Å². The first kappa shape index (κ1) is 21.6. The van der Waals surface area contributed by atoms with Crippen molar-refractivity contribution >= 4 is 23.4 Å². The van der Waals surface area contributed by atoms with Gasteiger partial charge in [-0.1, -0.05) is 61.5 Å². The number of benzene rings is 3. The molecule has 0 heterocycles. The molecule has 0 bridgehead atoms. The van der Waals surface area contributed by atoms with Gasteiger partial charge in [0, 0.05) is 28.4 Å². The maximum absolute atomic E-state index is 12.9. The number of ether oxygens (including phenoxy) is 1. The van der Waals surface area contributed by atoms with Gasteiger partial charge in [-0.25, -0.2) is 4.79 Å². The second-order valence-electron chi connectivity index (χ2n) is 8.15. The number of rotatable bonds is 7. The van der Waals surface area contributed by atoms with Crippen molar-refractivity contribution in [1.29, 1.82) is 0 Å². The van der Waals surface area contributed by atoms with Gasteiger partial charge in [0.05, 0.1) is 0 Å². The number of nitrogens with one attached hydrogen (secondary N) is 2. The van der Waals surface area contributed by atoms with Crippen molar-refractivity contribution in [3.05, 3.63) is 95.6 Å². The zero-order chi connectivity index (χ0) is 22.6. The van der Waals surface area contributed by atoms with Crippen molar-refractivity contribution in [1.82, 2.24) is 0 Å². The molecule has 0 radical (unpaired) electrons. The smallest absolute Gasteiger partial charge is 0.411 e. The third-order valence-corrected chi connectivity index (χ3v) is 5.94. The topological polar surface area (TPSA) is 93.5 Å². The van der Waals surface area contributed by atoms with Gasteiger partial charge in [0.2, 0.25) is 0 Å². The predicted molar refractivity (Wildman–Crippen MR) is 126 cm³/mol. The molecule has 6 heteroatoms. The Morgan fingerprint density at radius 1 is 1.00 bits per heavy atom. The van der Waals surface area contributed by atoms with Crippen LogP contribution >= 0.6 is 0 Å². The van der Waals surface area contributed by atoms with Gasteiger partial charge in [0.25, 0.3) is 5.91 Å². The summed E-state index contributed by atoms with van der Waals surface area (Å²) in [6, 6.07) is 24.0. The molecule has 1 aliphatic carbocycles. The highest BCUT2D eigenvalue weighted by molar-refractivity contribution is 6.05. The average Bonchev–Trinajstić information content (AvgIpc) is 3.50. The van der Waals surface area contributed by atoms with Gasteiger partial charge in [0.1, 0.15) is 6.61 Å². The van der Waals surface area contributed by atoms with Crippen molar-refractivity contribution in [2.75, 3.05) is 10.6 Å².